The highest BCUT2D eigenvalue weighted by molar-refractivity contribution is 5.42. The van der Waals surface area contributed by atoms with Crippen molar-refractivity contribution in [3.63, 3.8) is 0 Å². The molecule has 0 bridgehead atoms. The Bertz CT molecular complexity index is 465. The predicted molar refractivity (Wildman–Crippen MR) is 80.9 cm³/mol. The van der Waals surface area contributed by atoms with Crippen LogP contribution >= 0.6 is 0 Å². The van der Waals surface area contributed by atoms with Crippen LogP contribution in [0.15, 0.2) is 12.1 Å². The van der Waals surface area contributed by atoms with Crippen LogP contribution < -0.4 is 10.1 Å². The Hall–Kier alpha value is -1.02. The van der Waals surface area contributed by atoms with Crippen LogP contribution in [0.3, 0.4) is 0 Å². The number of nitrogens with one attached hydrogen (secondary N) is 1. The second-order valence-electron chi connectivity index (χ2n) is 6.65. The molecule has 0 aromatic heterocycles. The molecular weight excluding hydrogens is 234 g/mol. The van der Waals surface area contributed by atoms with E-state index in [1.165, 1.54) is 23.1 Å². The zero-order valence-electron chi connectivity index (χ0n) is 13.1. The van der Waals surface area contributed by atoms with E-state index in [1.54, 1.807) is 0 Å². The van der Waals surface area contributed by atoms with Crippen LogP contribution in [0, 0.1) is 26.2 Å². The zero-order valence-corrected chi connectivity index (χ0v) is 13.1. The third kappa shape index (κ3) is 2.79. The Balaban J connectivity index is 2.23. The average molecular weight is 261 g/mol. The first-order chi connectivity index (χ1) is 8.85. The van der Waals surface area contributed by atoms with Crippen molar-refractivity contribution in [2.24, 2.45) is 5.41 Å². The molecular formula is C17H27NO. The van der Waals surface area contributed by atoms with Crippen LogP contribution in [-0.2, 0) is 0 Å². The maximum Gasteiger partial charge on any atom is 0.123 e. The molecule has 1 N–H and O–H groups in total. The van der Waals surface area contributed by atoms with Crippen molar-refractivity contribution in [3.8, 4) is 5.75 Å². The molecule has 0 amide bonds. The van der Waals surface area contributed by atoms with E-state index in [9.17, 15) is 0 Å². The van der Waals surface area contributed by atoms with Gasteiger partial charge in [-0.3, -0.25) is 0 Å². The summed E-state index contributed by atoms with van der Waals surface area (Å²) >= 11 is 0. The molecule has 1 aromatic carbocycles. The predicted octanol–water partition coefficient (Wildman–Crippen LogP) is 3.77. The molecule has 2 nitrogen and oxygen atoms in total. The van der Waals surface area contributed by atoms with Crippen LogP contribution in [0.1, 0.15) is 43.4 Å². The van der Waals surface area contributed by atoms with Gasteiger partial charge in [0.1, 0.15) is 11.9 Å². The van der Waals surface area contributed by atoms with Gasteiger partial charge in [-0.1, -0.05) is 19.9 Å². The second kappa shape index (κ2) is 5.16. The van der Waals surface area contributed by atoms with E-state index < -0.39 is 0 Å². The average Bonchev–Trinajstić information content (AvgIpc) is 2.60. The van der Waals surface area contributed by atoms with Crippen molar-refractivity contribution < 1.29 is 4.74 Å². The molecule has 0 saturated heterocycles. The summed E-state index contributed by atoms with van der Waals surface area (Å²) in [7, 11) is 2.04. The van der Waals surface area contributed by atoms with Crippen LogP contribution in [0.4, 0.5) is 0 Å². The number of rotatable bonds is 3. The van der Waals surface area contributed by atoms with Crippen molar-refractivity contribution in [2.45, 2.75) is 59.6 Å². The summed E-state index contributed by atoms with van der Waals surface area (Å²) in [5.74, 6) is 1.06. The Kier molecular flexibility index (Phi) is 3.91. The van der Waals surface area contributed by atoms with Crippen molar-refractivity contribution in [3.05, 3.63) is 28.8 Å². The number of aryl methyl sites for hydroxylation is 2. The van der Waals surface area contributed by atoms with Gasteiger partial charge in [0.15, 0.2) is 0 Å². The molecule has 1 aliphatic carbocycles. The number of likely N-dealkylation sites (N-methyl/N-ethyl adjacent to an activating group) is 1. The minimum Gasteiger partial charge on any atom is -0.488 e. The van der Waals surface area contributed by atoms with Gasteiger partial charge in [-0.2, -0.15) is 0 Å². The molecule has 106 valence electrons. The van der Waals surface area contributed by atoms with Gasteiger partial charge in [-0.05, 0) is 68.8 Å². The topological polar surface area (TPSA) is 21.3 Å². The molecule has 0 radical (unpaired) electrons. The van der Waals surface area contributed by atoms with E-state index in [0.717, 1.165) is 12.2 Å². The van der Waals surface area contributed by atoms with E-state index in [-0.39, 0.29) is 6.10 Å². The Morgan fingerprint density at radius 3 is 2.53 bits per heavy atom. The lowest BCUT2D eigenvalue weighted by Crippen LogP contribution is -2.44. The SMILES string of the molecule is CNC1C(Oc2cc(C)cc(C)c2C)CCC1(C)C. The summed E-state index contributed by atoms with van der Waals surface area (Å²) in [6.45, 7) is 11.1. The molecule has 1 aliphatic rings. The molecule has 0 heterocycles. The molecule has 2 atom stereocenters. The third-order valence-electron chi connectivity index (χ3n) is 4.64. The lowest BCUT2D eigenvalue weighted by atomic mass is 9.87. The van der Waals surface area contributed by atoms with Gasteiger partial charge in [0.05, 0.1) is 0 Å². The molecule has 0 aliphatic heterocycles. The van der Waals surface area contributed by atoms with E-state index in [1.807, 2.05) is 7.05 Å². The van der Waals surface area contributed by atoms with E-state index in [2.05, 4.69) is 52.1 Å². The normalized spacial score (nSPS) is 25.6. The first-order valence-corrected chi connectivity index (χ1v) is 7.27. The number of ether oxygens (including phenoxy) is 1. The fourth-order valence-corrected chi connectivity index (χ4v) is 3.33. The smallest absolute Gasteiger partial charge is 0.123 e. The quantitative estimate of drug-likeness (QED) is 0.894. The summed E-state index contributed by atoms with van der Waals surface area (Å²) in [5.41, 5.74) is 4.17. The second-order valence-corrected chi connectivity index (χ2v) is 6.65. The maximum atomic E-state index is 6.34. The Labute approximate surface area is 117 Å². The highest BCUT2D eigenvalue weighted by Gasteiger charge is 2.42. The Morgan fingerprint density at radius 2 is 1.89 bits per heavy atom. The fourth-order valence-electron chi connectivity index (χ4n) is 3.33. The summed E-state index contributed by atoms with van der Waals surface area (Å²) in [6, 6.07) is 4.81. The molecule has 1 fully saturated rings. The Morgan fingerprint density at radius 1 is 1.21 bits per heavy atom. The first-order valence-electron chi connectivity index (χ1n) is 7.27. The summed E-state index contributed by atoms with van der Waals surface area (Å²) in [5, 5.41) is 3.45. The van der Waals surface area contributed by atoms with Crippen LogP contribution in [-0.4, -0.2) is 19.2 Å². The van der Waals surface area contributed by atoms with Gasteiger partial charge in [-0.15, -0.1) is 0 Å². The molecule has 0 spiro atoms. The van der Waals surface area contributed by atoms with E-state index in [0.29, 0.717) is 11.5 Å². The van der Waals surface area contributed by atoms with Gasteiger partial charge < -0.3 is 10.1 Å². The fraction of sp³-hybridized carbons (Fsp3) is 0.647. The molecule has 2 rings (SSSR count). The highest BCUT2D eigenvalue weighted by atomic mass is 16.5. The van der Waals surface area contributed by atoms with Gasteiger partial charge in [-0.25, -0.2) is 0 Å². The minimum atomic E-state index is 0.278. The van der Waals surface area contributed by atoms with Crippen LogP contribution in [0.25, 0.3) is 0 Å². The molecule has 2 heteroatoms. The molecule has 1 aromatic rings. The van der Waals surface area contributed by atoms with E-state index >= 15 is 0 Å². The van der Waals surface area contributed by atoms with Crippen molar-refractivity contribution in [1.29, 1.82) is 0 Å². The molecule has 19 heavy (non-hydrogen) atoms. The lowest BCUT2D eigenvalue weighted by Gasteiger charge is -2.30. The largest absolute Gasteiger partial charge is 0.488 e. The standard InChI is InChI=1S/C17H27NO/c1-11-9-12(2)13(3)15(10-11)19-14-7-8-17(4,5)16(14)18-6/h9-10,14,16,18H,7-8H2,1-6H3. The third-order valence-corrected chi connectivity index (χ3v) is 4.64. The number of benzene rings is 1. The summed E-state index contributed by atoms with van der Waals surface area (Å²) in [4.78, 5) is 0. The lowest BCUT2D eigenvalue weighted by molar-refractivity contribution is 0.145. The summed E-state index contributed by atoms with van der Waals surface area (Å²) < 4.78 is 6.34. The summed E-state index contributed by atoms with van der Waals surface area (Å²) in [6.07, 6.45) is 2.62. The first kappa shape index (κ1) is 14.4. The van der Waals surface area contributed by atoms with Gasteiger partial charge in [0.25, 0.3) is 0 Å². The monoisotopic (exact) mass is 261 g/mol. The maximum absolute atomic E-state index is 6.34. The molecule has 2 unspecified atom stereocenters. The van der Waals surface area contributed by atoms with Gasteiger partial charge >= 0.3 is 0 Å². The zero-order chi connectivity index (χ0) is 14.2. The van der Waals surface area contributed by atoms with Gasteiger partial charge in [0.2, 0.25) is 0 Å². The molecule has 1 saturated carbocycles. The van der Waals surface area contributed by atoms with Crippen LogP contribution in [0.5, 0.6) is 5.75 Å². The number of hydrogen-bond donors (Lipinski definition) is 1. The van der Waals surface area contributed by atoms with Gasteiger partial charge in [0, 0.05) is 6.04 Å². The van der Waals surface area contributed by atoms with Crippen molar-refractivity contribution in [2.75, 3.05) is 7.05 Å². The van der Waals surface area contributed by atoms with Crippen molar-refractivity contribution >= 4 is 0 Å². The van der Waals surface area contributed by atoms with E-state index in [4.69, 9.17) is 4.74 Å². The van der Waals surface area contributed by atoms with Crippen LogP contribution in [0.2, 0.25) is 0 Å². The number of hydrogen-bond acceptors (Lipinski definition) is 2. The highest BCUT2D eigenvalue weighted by Crippen LogP contribution is 2.40. The van der Waals surface area contributed by atoms with Crippen molar-refractivity contribution in [1.82, 2.24) is 5.32 Å². The minimum absolute atomic E-state index is 0.278.